The van der Waals surface area contributed by atoms with Crippen molar-refractivity contribution in [1.82, 2.24) is 5.48 Å². The Morgan fingerprint density at radius 1 is 0.875 bits per heavy atom. The molecule has 0 bridgehead atoms. The Morgan fingerprint density at radius 3 is 2.33 bits per heavy atom. The predicted octanol–water partition coefficient (Wildman–Crippen LogP) is 3.14. The van der Waals surface area contributed by atoms with Gasteiger partial charge in [-0.1, -0.05) is 42.5 Å². The second kappa shape index (κ2) is 6.93. The number of hydroxylamine groups is 1. The Labute approximate surface area is 138 Å². The van der Waals surface area contributed by atoms with Crippen molar-refractivity contribution in [1.29, 1.82) is 0 Å². The van der Waals surface area contributed by atoms with E-state index in [0.717, 1.165) is 16.3 Å². The van der Waals surface area contributed by atoms with Gasteiger partial charge in [0, 0.05) is 11.3 Å². The molecule has 0 heterocycles. The highest BCUT2D eigenvalue weighted by Gasteiger charge is 2.07. The first kappa shape index (κ1) is 15.7. The number of benzene rings is 3. The summed E-state index contributed by atoms with van der Waals surface area (Å²) in [5, 5.41) is 13.3. The predicted molar refractivity (Wildman–Crippen MR) is 92.0 cm³/mol. The van der Waals surface area contributed by atoms with Crippen LogP contribution in [0.15, 0.2) is 66.7 Å². The summed E-state index contributed by atoms with van der Waals surface area (Å²) >= 11 is 0. The van der Waals surface area contributed by atoms with Crippen LogP contribution in [0, 0.1) is 0 Å². The number of carbonyl (C=O) groups excluding carboxylic acids is 2. The molecule has 3 N–H and O–H groups in total. The minimum Gasteiger partial charge on any atom is -0.326 e. The Morgan fingerprint density at radius 2 is 1.58 bits per heavy atom. The number of carbonyl (C=O) groups is 2. The molecular formula is C19H16N2O3. The summed E-state index contributed by atoms with van der Waals surface area (Å²) in [7, 11) is 0. The molecule has 0 aliphatic rings. The molecule has 5 heteroatoms. The molecule has 0 atom stereocenters. The van der Waals surface area contributed by atoms with E-state index in [4.69, 9.17) is 5.21 Å². The second-order valence-corrected chi connectivity index (χ2v) is 5.43. The molecule has 0 saturated carbocycles. The first-order chi connectivity index (χ1) is 11.7. The zero-order valence-electron chi connectivity index (χ0n) is 12.8. The lowest BCUT2D eigenvalue weighted by Crippen LogP contribution is -2.18. The molecule has 24 heavy (non-hydrogen) atoms. The lowest BCUT2D eigenvalue weighted by Gasteiger charge is -2.08. The van der Waals surface area contributed by atoms with E-state index in [1.807, 2.05) is 42.5 Å². The van der Waals surface area contributed by atoms with Crippen LogP contribution in [0.3, 0.4) is 0 Å². The first-order valence-corrected chi connectivity index (χ1v) is 7.48. The van der Waals surface area contributed by atoms with Crippen molar-refractivity contribution in [3.63, 3.8) is 0 Å². The van der Waals surface area contributed by atoms with E-state index in [2.05, 4.69) is 5.32 Å². The molecule has 3 rings (SSSR count). The molecule has 0 fully saturated rings. The number of hydrogen-bond donors (Lipinski definition) is 3. The molecule has 0 aliphatic heterocycles. The van der Waals surface area contributed by atoms with Crippen molar-refractivity contribution in [3.05, 3.63) is 77.9 Å². The van der Waals surface area contributed by atoms with E-state index in [0.29, 0.717) is 17.7 Å². The second-order valence-electron chi connectivity index (χ2n) is 5.43. The van der Waals surface area contributed by atoms with Gasteiger partial charge >= 0.3 is 0 Å². The molecule has 3 aromatic rings. The average Bonchev–Trinajstić information content (AvgIpc) is 2.61. The van der Waals surface area contributed by atoms with Gasteiger partial charge in [-0.3, -0.25) is 14.8 Å². The third kappa shape index (κ3) is 3.59. The number of rotatable bonds is 4. The SMILES string of the molecule is O=C(Cc1ccccc1)Nc1ccc2cc(C(=O)NO)ccc2c1. The number of amides is 2. The number of nitrogens with one attached hydrogen (secondary N) is 2. The van der Waals surface area contributed by atoms with E-state index in [-0.39, 0.29) is 5.91 Å². The smallest absolute Gasteiger partial charge is 0.274 e. The maximum Gasteiger partial charge on any atom is 0.274 e. The molecule has 0 aromatic heterocycles. The van der Waals surface area contributed by atoms with Crippen LogP contribution in [0.2, 0.25) is 0 Å². The van der Waals surface area contributed by atoms with E-state index < -0.39 is 5.91 Å². The minimum absolute atomic E-state index is 0.0863. The average molecular weight is 320 g/mol. The summed E-state index contributed by atoms with van der Waals surface area (Å²) in [5.41, 5.74) is 3.63. The summed E-state index contributed by atoms with van der Waals surface area (Å²) in [5.74, 6) is -0.644. The van der Waals surface area contributed by atoms with Crippen LogP contribution in [-0.4, -0.2) is 17.0 Å². The summed E-state index contributed by atoms with van der Waals surface area (Å²) < 4.78 is 0. The quantitative estimate of drug-likeness (QED) is 0.510. The zero-order chi connectivity index (χ0) is 16.9. The van der Waals surface area contributed by atoms with E-state index in [9.17, 15) is 9.59 Å². The van der Waals surface area contributed by atoms with Gasteiger partial charge in [0.2, 0.25) is 5.91 Å². The fourth-order valence-electron chi connectivity index (χ4n) is 2.52. The third-order valence-corrected chi connectivity index (χ3v) is 3.70. The maximum absolute atomic E-state index is 12.1. The number of anilines is 1. The topological polar surface area (TPSA) is 78.4 Å². The van der Waals surface area contributed by atoms with Crippen LogP contribution < -0.4 is 10.8 Å². The highest BCUT2D eigenvalue weighted by atomic mass is 16.5. The summed E-state index contributed by atoms with van der Waals surface area (Å²) in [6.07, 6.45) is 0.314. The highest BCUT2D eigenvalue weighted by Crippen LogP contribution is 2.21. The van der Waals surface area contributed by atoms with Gasteiger partial charge in [-0.2, -0.15) is 0 Å². The minimum atomic E-state index is -0.558. The Kier molecular flexibility index (Phi) is 4.54. The van der Waals surface area contributed by atoms with Gasteiger partial charge in [-0.15, -0.1) is 0 Å². The van der Waals surface area contributed by atoms with Crippen LogP contribution >= 0.6 is 0 Å². The number of hydrogen-bond acceptors (Lipinski definition) is 3. The lowest BCUT2D eigenvalue weighted by molar-refractivity contribution is -0.115. The molecule has 5 nitrogen and oxygen atoms in total. The van der Waals surface area contributed by atoms with Crippen LogP contribution in [0.5, 0.6) is 0 Å². The van der Waals surface area contributed by atoms with Gasteiger partial charge in [0.25, 0.3) is 5.91 Å². The van der Waals surface area contributed by atoms with Crippen molar-refractivity contribution in [2.24, 2.45) is 0 Å². The van der Waals surface area contributed by atoms with Gasteiger partial charge in [0.05, 0.1) is 6.42 Å². The standard InChI is InChI=1S/C19H16N2O3/c22-18(10-13-4-2-1-3-5-13)20-17-9-8-14-11-16(19(23)21-24)7-6-15(14)12-17/h1-9,11-12,24H,10H2,(H,20,22)(H,21,23). The van der Waals surface area contributed by atoms with Gasteiger partial charge in [0.15, 0.2) is 0 Å². The van der Waals surface area contributed by atoms with Crippen molar-refractivity contribution >= 4 is 28.3 Å². The van der Waals surface area contributed by atoms with Gasteiger partial charge in [0.1, 0.15) is 0 Å². The molecule has 0 saturated heterocycles. The first-order valence-electron chi connectivity index (χ1n) is 7.48. The molecule has 0 spiro atoms. The molecule has 0 radical (unpaired) electrons. The van der Waals surface area contributed by atoms with Gasteiger partial charge < -0.3 is 5.32 Å². The van der Waals surface area contributed by atoms with Crippen LogP contribution in [0.4, 0.5) is 5.69 Å². The summed E-state index contributed by atoms with van der Waals surface area (Å²) in [6, 6.07) is 20.0. The largest absolute Gasteiger partial charge is 0.326 e. The molecule has 0 unspecified atom stereocenters. The Balaban J connectivity index is 1.76. The molecule has 2 amide bonds. The molecule has 0 aliphatic carbocycles. The molecule has 3 aromatic carbocycles. The highest BCUT2D eigenvalue weighted by molar-refractivity contribution is 6.00. The van der Waals surface area contributed by atoms with Crippen molar-refractivity contribution in [2.75, 3.05) is 5.32 Å². The zero-order valence-corrected chi connectivity index (χ0v) is 12.8. The van der Waals surface area contributed by atoms with E-state index >= 15 is 0 Å². The van der Waals surface area contributed by atoms with Gasteiger partial charge in [-0.25, -0.2) is 5.48 Å². The van der Waals surface area contributed by atoms with E-state index in [1.54, 1.807) is 29.7 Å². The Hall–Kier alpha value is -3.18. The third-order valence-electron chi connectivity index (χ3n) is 3.70. The van der Waals surface area contributed by atoms with Crippen molar-refractivity contribution < 1.29 is 14.8 Å². The summed E-state index contributed by atoms with van der Waals surface area (Å²) in [6.45, 7) is 0. The Bertz CT molecular complexity index is 892. The lowest BCUT2D eigenvalue weighted by atomic mass is 10.1. The van der Waals surface area contributed by atoms with Crippen LogP contribution in [-0.2, 0) is 11.2 Å². The maximum atomic E-state index is 12.1. The number of fused-ring (bicyclic) bond motifs is 1. The molecular weight excluding hydrogens is 304 g/mol. The fraction of sp³-hybridized carbons (Fsp3) is 0.0526. The monoisotopic (exact) mass is 320 g/mol. The normalized spacial score (nSPS) is 10.4. The van der Waals surface area contributed by atoms with Crippen molar-refractivity contribution in [3.8, 4) is 0 Å². The van der Waals surface area contributed by atoms with E-state index in [1.165, 1.54) is 0 Å². The van der Waals surface area contributed by atoms with Crippen LogP contribution in [0.25, 0.3) is 10.8 Å². The van der Waals surface area contributed by atoms with Gasteiger partial charge in [-0.05, 0) is 40.6 Å². The van der Waals surface area contributed by atoms with Crippen LogP contribution in [0.1, 0.15) is 15.9 Å². The van der Waals surface area contributed by atoms with Crippen molar-refractivity contribution in [2.45, 2.75) is 6.42 Å². The molecule has 120 valence electrons. The summed E-state index contributed by atoms with van der Waals surface area (Å²) in [4.78, 5) is 23.5. The fourth-order valence-corrected chi connectivity index (χ4v) is 2.52.